The van der Waals surface area contributed by atoms with E-state index >= 15 is 0 Å². The zero-order valence-corrected chi connectivity index (χ0v) is 12.9. The van der Waals surface area contributed by atoms with Gasteiger partial charge in [0, 0.05) is 19.3 Å². The normalized spacial score (nSPS) is 16.6. The highest BCUT2D eigenvalue weighted by Crippen LogP contribution is 2.21. The van der Waals surface area contributed by atoms with Crippen molar-refractivity contribution < 1.29 is 4.79 Å². The molecule has 0 N–H and O–H groups in total. The van der Waals surface area contributed by atoms with Crippen LogP contribution in [0.5, 0.6) is 0 Å². The minimum absolute atomic E-state index is 0.00745. The van der Waals surface area contributed by atoms with Gasteiger partial charge in [0.1, 0.15) is 6.54 Å². The molecule has 1 amide bonds. The monoisotopic (exact) mass is 302 g/mol. The zero-order chi connectivity index (χ0) is 15.5. The minimum Gasteiger partial charge on any atom is -0.341 e. The Morgan fingerprint density at radius 2 is 2.00 bits per heavy atom. The minimum atomic E-state index is -0.266. The van der Waals surface area contributed by atoms with Gasteiger partial charge in [0.15, 0.2) is 5.65 Å². The maximum Gasteiger partial charge on any atom is 0.350 e. The average Bonchev–Trinajstić information content (AvgIpc) is 2.73. The number of nitrogens with zero attached hydrogens (tertiary/aromatic N) is 4. The fraction of sp³-hybridized carbons (Fsp3) is 0.562. The third-order valence-electron chi connectivity index (χ3n) is 4.54. The van der Waals surface area contributed by atoms with Gasteiger partial charge in [0.2, 0.25) is 5.91 Å². The molecule has 0 unspecified atom stereocenters. The summed E-state index contributed by atoms with van der Waals surface area (Å²) < 4.78 is 2.71. The fourth-order valence-electron chi connectivity index (χ4n) is 3.16. The Hall–Kier alpha value is -2.11. The smallest absolute Gasteiger partial charge is 0.341 e. The molecule has 0 aromatic carbocycles. The van der Waals surface area contributed by atoms with Gasteiger partial charge in [-0.05, 0) is 25.0 Å². The molecule has 0 saturated heterocycles. The van der Waals surface area contributed by atoms with Crippen LogP contribution in [0.25, 0.3) is 5.65 Å². The number of hydrogen-bond acceptors (Lipinski definition) is 3. The van der Waals surface area contributed by atoms with Gasteiger partial charge in [-0.2, -0.15) is 0 Å². The van der Waals surface area contributed by atoms with Gasteiger partial charge in [0.05, 0.1) is 0 Å². The van der Waals surface area contributed by atoms with Crippen LogP contribution in [0.15, 0.2) is 29.2 Å². The van der Waals surface area contributed by atoms with Crippen LogP contribution in [-0.2, 0) is 11.3 Å². The first-order valence-electron chi connectivity index (χ1n) is 7.96. The van der Waals surface area contributed by atoms with Gasteiger partial charge in [-0.1, -0.05) is 31.7 Å². The number of rotatable bonds is 3. The van der Waals surface area contributed by atoms with Crippen LogP contribution in [0, 0.1) is 0 Å². The Morgan fingerprint density at radius 3 is 2.68 bits per heavy atom. The summed E-state index contributed by atoms with van der Waals surface area (Å²) in [6.45, 7) is 0.00745. The molecule has 0 spiro atoms. The number of hydrogen-bond donors (Lipinski definition) is 0. The van der Waals surface area contributed by atoms with E-state index in [1.165, 1.54) is 34.8 Å². The van der Waals surface area contributed by atoms with Crippen molar-refractivity contribution in [1.82, 2.24) is 19.1 Å². The molecule has 1 fully saturated rings. The van der Waals surface area contributed by atoms with Crippen LogP contribution in [-0.4, -0.2) is 38.1 Å². The molecule has 2 aromatic heterocycles. The molecule has 1 aliphatic carbocycles. The van der Waals surface area contributed by atoms with Crippen molar-refractivity contribution in [3.8, 4) is 0 Å². The molecule has 0 radical (unpaired) electrons. The van der Waals surface area contributed by atoms with E-state index in [-0.39, 0.29) is 18.1 Å². The van der Waals surface area contributed by atoms with E-state index in [0.717, 1.165) is 12.8 Å². The average molecular weight is 302 g/mol. The molecule has 0 atom stereocenters. The molecule has 1 aliphatic rings. The van der Waals surface area contributed by atoms with Crippen molar-refractivity contribution in [2.24, 2.45) is 0 Å². The SMILES string of the molecule is CN(C(=O)Cn1nc2ccccn2c1=O)C1CCCCCC1. The number of likely N-dealkylation sites (N-methyl/N-ethyl adjacent to an activating group) is 1. The third-order valence-corrected chi connectivity index (χ3v) is 4.54. The molecule has 3 rings (SSSR count). The molecule has 1 saturated carbocycles. The summed E-state index contributed by atoms with van der Waals surface area (Å²) in [6.07, 6.45) is 8.65. The lowest BCUT2D eigenvalue weighted by Gasteiger charge is -2.27. The van der Waals surface area contributed by atoms with Crippen LogP contribution in [0.4, 0.5) is 0 Å². The van der Waals surface area contributed by atoms with E-state index in [1.54, 1.807) is 18.3 Å². The van der Waals surface area contributed by atoms with Gasteiger partial charge in [-0.25, -0.2) is 9.48 Å². The fourth-order valence-corrected chi connectivity index (χ4v) is 3.16. The summed E-state index contributed by atoms with van der Waals surface area (Å²) in [6, 6.07) is 5.66. The van der Waals surface area contributed by atoms with Crippen LogP contribution in [0.2, 0.25) is 0 Å². The summed E-state index contributed by atoms with van der Waals surface area (Å²) in [4.78, 5) is 26.5. The molecule has 118 valence electrons. The first kappa shape index (κ1) is 14.8. The van der Waals surface area contributed by atoms with Crippen LogP contribution < -0.4 is 5.69 Å². The van der Waals surface area contributed by atoms with Gasteiger partial charge >= 0.3 is 5.69 Å². The third kappa shape index (κ3) is 2.91. The van der Waals surface area contributed by atoms with E-state index in [9.17, 15) is 9.59 Å². The van der Waals surface area contributed by atoms with Crippen LogP contribution >= 0.6 is 0 Å². The predicted molar refractivity (Wildman–Crippen MR) is 83.7 cm³/mol. The van der Waals surface area contributed by atoms with Crippen LogP contribution in [0.1, 0.15) is 38.5 Å². The number of aromatic nitrogens is 3. The zero-order valence-electron chi connectivity index (χ0n) is 12.9. The molecule has 2 aromatic rings. The second-order valence-corrected chi connectivity index (χ2v) is 6.02. The molecule has 6 nitrogen and oxygen atoms in total. The lowest BCUT2D eigenvalue weighted by Crippen LogP contribution is -2.40. The molecular weight excluding hydrogens is 280 g/mol. The summed E-state index contributed by atoms with van der Waals surface area (Å²) in [5, 5.41) is 4.22. The summed E-state index contributed by atoms with van der Waals surface area (Å²) in [5.74, 6) is -0.0441. The summed E-state index contributed by atoms with van der Waals surface area (Å²) >= 11 is 0. The molecule has 2 heterocycles. The highest BCUT2D eigenvalue weighted by atomic mass is 16.2. The number of carbonyl (C=O) groups excluding carboxylic acids is 1. The highest BCUT2D eigenvalue weighted by molar-refractivity contribution is 5.76. The molecule has 22 heavy (non-hydrogen) atoms. The van der Waals surface area contributed by atoms with Crippen molar-refractivity contribution >= 4 is 11.6 Å². The van der Waals surface area contributed by atoms with E-state index in [4.69, 9.17) is 0 Å². The number of fused-ring (bicyclic) bond motifs is 1. The molecule has 6 heteroatoms. The van der Waals surface area contributed by atoms with Crippen molar-refractivity contribution in [2.75, 3.05) is 7.05 Å². The Labute approximate surface area is 129 Å². The lowest BCUT2D eigenvalue weighted by molar-refractivity contribution is -0.133. The van der Waals surface area contributed by atoms with E-state index in [2.05, 4.69) is 5.10 Å². The first-order valence-corrected chi connectivity index (χ1v) is 7.96. The molecule has 0 aliphatic heterocycles. The Morgan fingerprint density at radius 1 is 1.27 bits per heavy atom. The Balaban J connectivity index is 1.74. The van der Waals surface area contributed by atoms with E-state index in [0.29, 0.717) is 11.7 Å². The topological polar surface area (TPSA) is 59.6 Å². The summed E-state index contributed by atoms with van der Waals surface area (Å²) in [5.41, 5.74) is 0.302. The highest BCUT2D eigenvalue weighted by Gasteiger charge is 2.22. The second kappa shape index (κ2) is 6.34. The molecular formula is C16H22N4O2. The van der Waals surface area contributed by atoms with Crippen LogP contribution in [0.3, 0.4) is 0 Å². The van der Waals surface area contributed by atoms with Gasteiger partial charge < -0.3 is 4.90 Å². The van der Waals surface area contributed by atoms with Gasteiger partial charge in [0.25, 0.3) is 0 Å². The van der Waals surface area contributed by atoms with E-state index in [1.807, 2.05) is 18.0 Å². The maximum absolute atomic E-state index is 12.5. The Kier molecular flexibility index (Phi) is 4.27. The van der Waals surface area contributed by atoms with Crippen molar-refractivity contribution in [3.63, 3.8) is 0 Å². The second-order valence-electron chi connectivity index (χ2n) is 6.02. The van der Waals surface area contributed by atoms with Crippen molar-refractivity contribution in [1.29, 1.82) is 0 Å². The largest absolute Gasteiger partial charge is 0.350 e. The number of carbonyl (C=O) groups is 1. The predicted octanol–water partition coefficient (Wildman–Crippen LogP) is 1.68. The van der Waals surface area contributed by atoms with Gasteiger partial charge in [-0.3, -0.25) is 9.20 Å². The number of pyridine rings is 1. The van der Waals surface area contributed by atoms with Gasteiger partial charge in [-0.15, -0.1) is 5.10 Å². The molecule has 0 bridgehead atoms. The quantitative estimate of drug-likeness (QED) is 0.811. The lowest BCUT2D eigenvalue weighted by atomic mass is 10.1. The number of amides is 1. The van der Waals surface area contributed by atoms with Crippen molar-refractivity contribution in [2.45, 2.75) is 51.1 Å². The first-order chi connectivity index (χ1) is 10.7. The standard InChI is InChI=1S/C16H22N4O2/c1-18(13-8-4-2-3-5-9-13)15(21)12-20-16(22)19-11-7-6-10-14(19)17-20/h6-7,10-11,13H,2-5,8-9,12H2,1H3. The van der Waals surface area contributed by atoms with Crippen molar-refractivity contribution in [3.05, 3.63) is 34.9 Å². The summed E-state index contributed by atoms with van der Waals surface area (Å²) in [7, 11) is 1.85. The van der Waals surface area contributed by atoms with E-state index < -0.39 is 0 Å². The Bertz CT molecular complexity index is 710. The maximum atomic E-state index is 12.5.